The molecule has 0 saturated heterocycles. The minimum atomic E-state index is -0.352. The van der Waals surface area contributed by atoms with Crippen molar-refractivity contribution in [2.24, 2.45) is 7.05 Å². The Morgan fingerprint density at radius 3 is 2.73 bits per heavy atom. The van der Waals surface area contributed by atoms with Crippen molar-refractivity contribution in [1.29, 1.82) is 0 Å². The van der Waals surface area contributed by atoms with Crippen LogP contribution in [0.2, 0.25) is 0 Å². The second kappa shape index (κ2) is 7.24. The number of aryl methyl sites for hydroxylation is 2. The van der Waals surface area contributed by atoms with Gasteiger partial charge < -0.3 is 4.74 Å². The zero-order valence-corrected chi connectivity index (χ0v) is 16.1. The number of hydrogen-bond acceptors (Lipinski definition) is 6. The van der Waals surface area contributed by atoms with Gasteiger partial charge in [0.2, 0.25) is 5.78 Å². The Kier molecular flexibility index (Phi) is 5.03. The van der Waals surface area contributed by atoms with E-state index in [1.807, 2.05) is 0 Å². The number of aromatic amines is 1. The fourth-order valence-electron chi connectivity index (χ4n) is 2.69. The standard InChI is InChI=1S/C16H17BrN6O3/c1-9-11(14(24)13-10(2)20-22(3)16(13)25)4-5-12(17)15(9)26-7-6-23-19-8-18-21-23/h4-5,8,20H,6-7H2,1-3H3. The molecule has 9 nitrogen and oxygen atoms in total. The lowest BCUT2D eigenvalue weighted by atomic mass is 9.99. The number of rotatable bonds is 6. The number of nitrogens with one attached hydrogen (secondary N) is 1. The maximum Gasteiger partial charge on any atom is 0.277 e. The van der Waals surface area contributed by atoms with Crippen molar-refractivity contribution in [3.8, 4) is 5.75 Å². The van der Waals surface area contributed by atoms with Crippen molar-refractivity contribution >= 4 is 21.7 Å². The molecule has 0 amide bonds. The Morgan fingerprint density at radius 1 is 1.35 bits per heavy atom. The summed E-state index contributed by atoms with van der Waals surface area (Å²) in [5.41, 5.74) is 1.38. The Labute approximate surface area is 157 Å². The van der Waals surface area contributed by atoms with E-state index in [0.29, 0.717) is 35.7 Å². The largest absolute Gasteiger partial charge is 0.490 e. The van der Waals surface area contributed by atoms with Crippen LogP contribution in [-0.2, 0) is 13.6 Å². The molecule has 0 atom stereocenters. The van der Waals surface area contributed by atoms with Gasteiger partial charge in [0.15, 0.2) is 6.33 Å². The van der Waals surface area contributed by atoms with E-state index >= 15 is 0 Å². The average Bonchev–Trinajstić information content (AvgIpc) is 3.19. The van der Waals surface area contributed by atoms with Crippen molar-refractivity contribution in [1.82, 2.24) is 30.0 Å². The van der Waals surface area contributed by atoms with E-state index in [1.165, 1.54) is 15.8 Å². The van der Waals surface area contributed by atoms with E-state index in [9.17, 15) is 9.59 Å². The van der Waals surface area contributed by atoms with Gasteiger partial charge in [-0.15, -0.1) is 10.2 Å². The summed E-state index contributed by atoms with van der Waals surface area (Å²) >= 11 is 3.44. The molecule has 0 bridgehead atoms. The number of H-pyrrole nitrogens is 1. The van der Waals surface area contributed by atoms with Gasteiger partial charge in [0, 0.05) is 23.9 Å². The third-order valence-corrected chi connectivity index (χ3v) is 4.61. The highest BCUT2D eigenvalue weighted by atomic mass is 79.9. The van der Waals surface area contributed by atoms with Crippen LogP contribution in [0.3, 0.4) is 0 Å². The van der Waals surface area contributed by atoms with E-state index in [1.54, 1.807) is 33.0 Å². The molecule has 0 aliphatic carbocycles. The van der Waals surface area contributed by atoms with Gasteiger partial charge in [-0.1, -0.05) is 0 Å². The SMILES string of the molecule is Cc1[nH]n(C)c(=O)c1C(=O)c1ccc(Br)c(OCCn2ncnn2)c1C. The predicted octanol–water partition coefficient (Wildman–Crippen LogP) is 1.39. The summed E-state index contributed by atoms with van der Waals surface area (Å²) in [5.74, 6) is 0.207. The minimum Gasteiger partial charge on any atom is -0.490 e. The maximum atomic E-state index is 12.9. The lowest BCUT2D eigenvalue weighted by Gasteiger charge is -2.14. The highest BCUT2D eigenvalue weighted by Crippen LogP contribution is 2.32. The number of hydrogen-bond donors (Lipinski definition) is 1. The lowest BCUT2D eigenvalue weighted by molar-refractivity contribution is 0.103. The number of ether oxygens (including phenoxy) is 1. The van der Waals surface area contributed by atoms with Crippen molar-refractivity contribution in [3.05, 3.63) is 55.7 Å². The van der Waals surface area contributed by atoms with E-state index in [0.717, 1.165) is 4.47 Å². The van der Waals surface area contributed by atoms with E-state index < -0.39 is 0 Å². The number of aromatic nitrogens is 6. The van der Waals surface area contributed by atoms with Crippen LogP contribution in [0.1, 0.15) is 27.2 Å². The Bertz CT molecular complexity index is 1010. The van der Waals surface area contributed by atoms with Crippen LogP contribution >= 0.6 is 15.9 Å². The molecule has 0 spiro atoms. The number of benzene rings is 1. The molecule has 0 aliphatic heterocycles. The van der Waals surface area contributed by atoms with E-state index in [4.69, 9.17) is 4.74 Å². The summed E-state index contributed by atoms with van der Waals surface area (Å²) in [6, 6.07) is 3.41. The Morgan fingerprint density at radius 2 is 2.12 bits per heavy atom. The van der Waals surface area contributed by atoms with Gasteiger partial charge in [-0.05, 0) is 47.1 Å². The fraction of sp³-hybridized carbons (Fsp3) is 0.312. The first-order valence-electron chi connectivity index (χ1n) is 7.83. The molecule has 2 aromatic heterocycles. The fourth-order valence-corrected chi connectivity index (χ4v) is 3.23. The van der Waals surface area contributed by atoms with Gasteiger partial charge in [-0.3, -0.25) is 19.4 Å². The van der Waals surface area contributed by atoms with Gasteiger partial charge in [0.05, 0.1) is 11.0 Å². The summed E-state index contributed by atoms with van der Waals surface area (Å²) in [6.45, 7) is 4.21. The second-order valence-corrected chi connectivity index (χ2v) is 6.59. The molecule has 0 fully saturated rings. The zero-order valence-electron chi connectivity index (χ0n) is 14.5. The topological polar surface area (TPSA) is 108 Å². The van der Waals surface area contributed by atoms with Crippen LogP contribution < -0.4 is 10.3 Å². The van der Waals surface area contributed by atoms with Gasteiger partial charge in [-0.2, -0.15) is 4.80 Å². The smallest absolute Gasteiger partial charge is 0.277 e. The van der Waals surface area contributed by atoms with Gasteiger partial charge in [-0.25, -0.2) is 0 Å². The second-order valence-electron chi connectivity index (χ2n) is 5.73. The normalized spacial score (nSPS) is 10.9. The number of carbonyl (C=O) groups excluding carboxylic acids is 1. The van der Waals surface area contributed by atoms with Crippen molar-refractivity contribution < 1.29 is 9.53 Å². The summed E-state index contributed by atoms with van der Waals surface area (Å²) in [7, 11) is 1.58. The van der Waals surface area contributed by atoms with Crippen LogP contribution in [0, 0.1) is 13.8 Å². The molecule has 1 N–H and O–H groups in total. The van der Waals surface area contributed by atoms with Crippen LogP contribution in [-0.4, -0.2) is 42.4 Å². The quantitative estimate of drug-likeness (QED) is 0.603. The van der Waals surface area contributed by atoms with E-state index in [2.05, 4.69) is 36.4 Å². The third-order valence-electron chi connectivity index (χ3n) is 3.99. The summed E-state index contributed by atoms with van der Waals surface area (Å²) in [4.78, 5) is 26.5. The first-order chi connectivity index (χ1) is 12.4. The zero-order chi connectivity index (χ0) is 18.8. The van der Waals surface area contributed by atoms with Crippen LogP contribution in [0.5, 0.6) is 5.75 Å². The van der Waals surface area contributed by atoms with Crippen molar-refractivity contribution in [3.63, 3.8) is 0 Å². The average molecular weight is 421 g/mol. The first kappa shape index (κ1) is 18.1. The predicted molar refractivity (Wildman–Crippen MR) is 96.4 cm³/mol. The van der Waals surface area contributed by atoms with Gasteiger partial charge in [0.1, 0.15) is 17.9 Å². The molecular formula is C16H17BrN6O3. The first-order valence-corrected chi connectivity index (χ1v) is 8.62. The van der Waals surface area contributed by atoms with Gasteiger partial charge >= 0.3 is 0 Å². The molecule has 26 heavy (non-hydrogen) atoms. The molecule has 136 valence electrons. The summed E-state index contributed by atoms with van der Waals surface area (Å²) in [5, 5.41) is 14.1. The van der Waals surface area contributed by atoms with Crippen LogP contribution in [0.4, 0.5) is 0 Å². The molecule has 3 rings (SSSR count). The monoisotopic (exact) mass is 420 g/mol. The van der Waals surface area contributed by atoms with Crippen LogP contribution in [0.15, 0.2) is 27.7 Å². The molecule has 0 saturated carbocycles. The van der Waals surface area contributed by atoms with Crippen molar-refractivity contribution in [2.75, 3.05) is 6.61 Å². The summed E-state index contributed by atoms with van der Waals surface area (Å²) < 4.78 is 7.82. The number of tetrazole rings is 1. The Balaban J connectivity index is 1.89. The molecule has 1 aromatic carbocycles. The summed E-state index contributed by atoms with van der Waals surface area (Å²) in [6.07, 6.45) is 1.35. The number of carbonyl (C=O) groups is 1. The van der Waals surface area contributed by atoms with Crippen LogP contribution in [0.25, 0.3) is 0 Å². The molecule has 0 radical (unpaired) electrons. The highest BCUT2D eigenvalue weighted by molar-refractivity contribution is 9.10. The van der Waals surface area contributed by atoms with Crippen molar-refractivity contribution in [2.45, 2.75) is 20.4 Å². The van der Waals surface area contributed by atoms with E-state index in [-0.39, 0.29) is 16.9 Å². The highest BCUT2D eigenvalue weighted by Gasteiger charge is 2.23. The number of nitrogens with zero attached hydrogens (tertiary/aromatic N) is 5. The number of ketones is 1. The lowest BCUT2D eigenvalue weighted by Crippen LogP contribution is -2.20. The van der Waals surface area contributed by atoms with Gasteiger partial charge in [0.25, 0.3) is 5.56 Å². The Hall–Kier alpha value is -2.75. The number of halogens is 1. The third kappa shape index (κ3) is 3.32. The molecule has 3 aromatic rings. The molecule has 2 heterocycles. The molecular weight excluding hydrogens is 404 g/mol. The minimum absolute atomic E-state index is 0.135. The molecule has 0 unspecified atom stereocenters. The molecule has 0 aliphatic rings. The maximum absolute atomic E-state index is 12.9. The molecule has 10 heteroatoms.